The van der Waals surface area contributed by atoms with Gasteiger partial charge in [0.05, 0.1) is 46.3 Å². The van der Waals surface area contributed by atoms with Crippen molar-refractivity contribution in [2.24, 2.45) is 7.05 Å². The Bertz CT molecular complexity index is 2110. The number of nitrogens with one attached hydrogen (secondary N) is 3. The standard InChI is InChI=1S/C32H27Cl2F3N8O3/c1-45-31(47)26-16(12-40-45)11-24(32(35,36)37)44-29(26)42-21-8-4-6-19(28(21)34)18-5-3-7-20(27(18)33)22-15-39-23(30(43-22)48-2)14-38-13-17-9-10-25(46)41-17/h3-8,11-12,15,17,38H,9-10,13-14H2,1-2H3,(H,41,46)(H,42,44)/t17-/m0/s1. The summed E-state index contributed by atoms with van der Waals surface area (Å²) in [5.74, 6) is 0.00750. The van der Waals surface area contributed by atoms with Crippen molar-refractivity contribution in [3.8, 4) is 28.3 Å². The summed E-state index contributed by atoms with van der Waals surface area (Å²) in [6, 6.07) is 11.0. The number of carbonyl (C=O) groups is 1. The molecule has 3 N–H and O–H groups in total. The minimum absolute atomic E-state index is 0.0356. The fraction of sp³-hybridized carbons (Fsp3) is 0.250. The molecule has 0 radical (unpaired) electrons. The number of hydrogen-bond acceptors (Lipinski definition) is 9. The summed E-state index contributed by atoms with van der Waals surface area (Å²) in [4.78, 5) is 37.3. The van der Waals surface area contributed by atoms with E-state index in [1.54, 1.807) is 42.6 Å². The molecule has 1 atom stereocenters. The Morgan fingerprint density at radius 1 is 1.04 bits per heavy atom. The number of halogens is 5. The normalized spacial score (nSPS) is 14.7. The van der Waals surface area contributed by atoms with E-state index in [1.807, 2.05) is 0 Å². The van der Waals surface area contributed by atoms with Gasteiger partial charge in [0.15, 0.2) is 0 Å². The largest absolute Gasteiger partial charge is 0.480 e. The highest BCUT2D eigenvalue weighted by atomic mass is 35.5. The average molecular weight is 700 g/mol. The molecule has 5 aromatic rings. The van der Waals surface area contributed by atoms with E-state index < -0.39 is 17.4 Å². The molecule has 11 nitrogen and oxygen atoms in total. The van der Waals surface area contributed by atoms with Crippen LogP contribution in [0.25, 0.3) is 33.2 Å². The summed E-state index contributed by atoms with van der Waals surface area (Å²) in [5.41, 5.74) is 0.855. The Morgan fingerprint density at radius 2 is 1.77 bits per heavy atom. The second-order valence-corrected chi connectivity index (χ2v) is 11.8. The van der Waals surface area contributed by atoms with Crippen LogP contribution in [0.1, 0.15) is 24.2 Å². The third kappa shape index (κ3) is 6.64. The van der Waals surface area contributed by atoms with Gasteiger partial charge in [-0.05, 0) is 18.6 Å². The van der Waals surface area contributed by atoms with Gasteiger partial charge < -0.3 is 20.7 Å². The molecular formula is C32H27Cl2F3N8O3. The lowest BCUT2D eigenvalue weighted by atomic mass is 10.0. The van der Waals surface area contributed by atoms with Gasteiger partial charge in [0.25, 0.3) is 5.56 Å². The van der Waals surface area contributed by atoms with Gasteiger partial charge in [-0.3, -0.25) is 14.6 Å². The Morgan fingerprint density at radius 3 is 2.48 bits per heavy atom. The molecule has 2 aromatic carbocycles. The molecule has 6 rings (SSSR count). The van der Waals surface area contributed by atoms with Crippen LogP contribution in [-0.2, 0) is 24.6 Å². The van der Waals surface area contributed by atoms with Crippen LogP contribution >= 0.6 is 23.2 Å². The van der Waals surface area contributed by atoms with Gasteiger partial charge in [0.1, 0.15) is 17.2 Å². The molecule has 0 bridgehead atoms. The zero-order valence-corrected chi connectivity index (χ0v) is 27.0. The van der Waals surface area contributed by atoms with Gasteiger partial charge in [0, 0.05) is 54.7 Å². The number of amides is 1. The molecule has 16 heteroatoms. The van der Waals surface area contributed by atoms with Crippen molar-refractivity contribution < 1.29 is 22.7 Å². The van der Waals surface area contributed by atoms with Gasteiger partial charge in [0.2, 0.25) is 11.8 Å². The molecule has 48 heavy (non-hydrogen) atoms. The monoisotopic (exact) mass is 698 g/mol. The van der Waals surface area contributed by atoms with E-state index in [0.29, 0.717) is 58.5 Å². The first-order chi connectivity index (χ1) is 22.9. The zero-order chi connectivity index (χ0) is 34.2. The van der Waals surface area contributed by atoms with Crippen LogP contribution in [0.15, 0.2) is 59.7 Å². The van der Waals surface area contributed by atoms with Crippen LogP contribution in [0, 0.1) is 0 Å². The maximum Gasteiger partial charge on any atom is 0.433 e. The number of hydrogen-bond donors (Lipinski definition) is 3. The minimum Gasteiger partial charge on any atom is -0.480 e. The van der Waals surface area contributed by atoms with E-state index in [0.717, 1.165) is 17.2 Å². The zero-order valence-electron chi connectivity index (χ0n) is 25.5. The van der Waals surface area contributed by atoms with E-state index in [2.05, 4.69) is 36.0 Å². The molecule has 1 saturated heterocycles. The predicted octanol–water partition coefficient (Wildman–Crippen LogP) is 5.90. The topological polar surface area (TPSA) is 136 Å². The Labute approximate surface area is 281 Å². The lowest BCUT2D eigenvalue weighted by Gasteiger charge is -2.17. The SMILES string of the molecule is COc1nc(-c2cccc(-c3cccc(Nc4nc(C(F)(F)F)cc5cnn(C)c(=O)c45)c3Cl)c2Cl)cnc1CNC[C@@H]1CCC(=O)N1. The summed E-state index contributed by atoms with van der Waals surface area (Å²) in [5, 5.41) is 13.2. The van der Waals surface area contributed by atoms with Crippen LogP contribution in [0.5, 0.6) is 5.88 Å². The molecule has 1 fully saturated rings. The van der Waals surface area contributed by atoms with Crippen LogP contribution < -0.4 is 26.2 Å². The number of pyridine rings is 1. The Kier molecular flexibility index (Phi) is 9.23. The van der Waals surface area contributed by atoms with E-state index in [9.17, 15) is 22.8 Å². The quantitative estimate of drug-likeness (QED) is 0.172. The van der Waals surface area contributed by atoms with E-state index in [1.165, 1.54) is 20.4 Å². The number of anilines is 2. The number of methoxy groups -OCH3 is 1. The van der Waals surface area contributed by atoms with Crippen molar-refractivity contribution >= 4 is 51.4 Å². The number of aromatic nitrogens is 5. The highest BCUT2D eigenvalue weighted by Gasteiger charge is 2.34. The molecule has 0 saturated carbocycles. The maximum absolute atomic E-state index is 13.7. The Balaban J connectivity index is 1.32. The highest BCUT2D eigenvalue weighted by Crippen LogP contribution is 2.42. The molecule has 1 amide bonds. The van der Waals surface area contributed by atoms with Gasteiger partial charge in [-0.25, -0.2) is 14.6 Å². The number of rotatable bonds is 9. The number of carbonyl (C=O) groups excluding carboxylic acids is 1. The number of ether oxygens (including phenoxy) is 1. The number of nitrogens with zero attached hydrogens (tertiary/aromatic N) is 5. The molecule has 1 aliphatic heterocycles. The number of aryl methyl sites for hydroxylation is 1. The maximum atomic E-state index is 13.7. The van der Waals surface area contributed by atoms with Crippen LogP contribution in [-0.4, -0.2) is 50.3 Å². The van der Waals surface area contributed by atoms with Crippen LogP contribution in [0.3, 0.4) is 0 Å². The molecule has 0 aliphatic carbocycles. The van der Waals surface area contributed by atoms with Crippen molar-refractivity contribution in [1.82, 2.24) is 35.4 Å². The predicted molar refractivity (Wildman–Crippen MR) is 175 cm³/mol. The van der Waals surface area contributed by atoms with E-state index in [4.69, 9.17) is 27.9 Å². The van der Waals surface area contributed by atoms with E-state index in [-0.39, 0.29) is 39.2 Å². The first-order valence-electron chi connectivity index (χ1n) is 14.6. The van der Waals surface area contributed by atoms with Gasteiger partial charge in [-0.2, -0.15) is 18.3 Å². The van der Waals surface area contributed by atoms with E-state index >= 15 is 0 Å². The summed E-state index contributed by atoms with van der Waals surface area (Å²) in [6.45, 7) is 0.944. The average Bonchev–Trinajstić information content (AvgIpc) is 3.48. The summed E-state index contributed by atoms with van der Waals surface area (Å²) in [7, 11) is 2.87. The Hall–Kier alpha value is -4.79. The van der Waals surface area contributed by atoms with Crippen molar-refractivity contribution in [3.63, 3.8) is 0 Å². The first-order valence-corrected chi connectivity index (χ1v) is 15.4. The summed E-state index contributed by atoms with van der Waals surface area (Å²) < 4.78 is 47.7. The highest BCUT2D eigenvalue weighted by molar-refractivity contribution is 6.39. The fourth-order valence-electron chi connectivity index (χ4n) is 5.40. The lowest BCUT2D eigenvalue weighted by Crippen LogP contribution is -2.35. The molecule has 4 heterocycles. The summed E-state index contributed by atoms with van der Waals surface area (Å²) >= 11 is 13.8. The van der Waals surface area contributed by atoms with Crippen LogP contribution in [0.4, 0.5) is 24.7 Å². The molecular weight excluding hydrogens is 672 g/mol. The second kappa shape index (κ2) is 13.4. The third-order valence-corrected chi connectivity index (χ3v) is 8.62. The molecule has 0 unspecified atom stereocenters. The van der Waals surface area contributed by atoms with Crippen molar-refractivity contribution in [1.29, 1.82) is 0 Å². The number of benzene rings is 2. The van der Waals surface area contributed by atoms with Crippen molar-refractivity contribution in [3.05, 3.63) is 86.6 Å². The van der Waals surface area contributed by atoms with Crippen molar-refractivity contribution in [2.75, 3.05) is 19.0 Å². The van der Waals surface area contributed by atoms with Gasteiger partial charge >= 0.3 is 6.18 Å². The molecule has 248 valence electrons. The molecule has 3 aromatic heterocycles. The minimum atomic E-state index is -4.78. The molecule has 0 spiro atoms. The first kappa shape index (κ1) is 33.1. The van der Waals surface area contributed by atoms with Crippen molar-refractivity contribution in [2.45, 2.75) is 31.6 Å². The van der Waals surface area contributed by atoms with Gasteiger partial charge in [-0.1, -0.05) is 53.5 Å². The van der Waals surface area contributed by atoms with Crippen LogP contribution in [0.2, 0.25) is 10.0 Å². The third-order valence-electron chi connectivity index (χ3n) is 7.81. The fourth-order valence-corrected chi connectivity index (χ4v) is 6.00. The lowest BCUT2D eigenvalue weighted by molar-refractivity contribution is -0.141. The number of alkyl halides is 3. The van der Waals surface area contributed by atoms with Gasteiger partial charge in [-0.15, -0.1) is 0 Å². The number of fused-ring (bicyclic) bond motifs is 1. The second-order valence-electron chi connectivity index (χ2n) is 11.0. The molecule has 1 aliphatic rings. The summed E-state index contributed by atoms with van der Waals surface area (Å²) in [6.07, 6.45) is -0.761. The smallest absolute Gasteiger partial charge is 0.433 e.